The number of ether oxygens (including phenoxy) is 1. The van der Waals surface area contributed by atoms with Crippen LogP contribution in [0.25, 0.3) is 0 Å². The molecule has 25 heavy (non-hydrogen) atoms. The Morgan fingerprint density at radius 3 is 2.00 bits per heavy atom. The molecule has 1 aromatic rings. The van der Waals surface area contributed by atoms with Crippen molar-refractivity contribution in [3.63, 3.8) is 0 Å². The summed E-state index contributed by atoms with van der Waals surface area (Å²) in [5.41, 5.74) is 0.203. The van der Waals surface area contributed by atoms with Crippen molar-refractivity contribution < 1.29 is 19.0 Å². The van der Waals surface area contributed by atoms with E-state index in [2.05, 4.69) is 6.92 Å². The maximum absolute atomic E-state index is 13.8. The molecule has 0 fully saturated rings. The third-order valence-electron chi connectivity index (χ3n) is 4.40. The van der Waals surface area contributed by atoms with Crippen LogP contribution in [0.3, 0.4) is 0 Å². The molecular weight excluding hydrogens is 319 g/mol. The Hall–Kier alpha value is -1.58. The molecule has 0 aliphatic heterocycles. The number of aromatic carboxylic acids is 1. The molecule has 0 saturated carbocycles. The van der Waals surface area contributed by atoms with E-state index in [9.17, 15) is 9.18 Å². The van der Waals surface area contributed by atoms with Gasteiger partial charge in [0.15, 0.2) is 0 Å². The summed E-state index contributed by atoms with van der Waals surface area (Å²) in [4.78, 5) is 10.7. The first-order valence-corrected chi connectivity index (χ1v) is 9.73. The Kier molecular flexibility index (Phi) is 11.7. The zero-order valence-electron chi connectivity index (χ0n) is 15.5. The minimum atomic E-state index is -0.976. The summed E-state index contributed by atoms with van der Waals surface area (Å²) in [6, 6.07) is 6.06. The Bertz CT molecular complexity index is 459. The van der Waals surface area contributed by atoms with Gasteiger partial charge in [-0.05, 0) is 30.7 Å². The van der Waals surface area contributed by atoms with Crippen LogP contribution in [0.15, 0.2) is 24.3 Å². The minimum absolute atomic E-state index is 0.0316. The van der Waals surface area contributed by atoms with Crippen LogP contribution in [0, 0.1) is 0 Å². The number of halogens is 1. The molecule has 0 aliphatic carbocycles. The number of hydrogen-bond donors (Lipinski definition) is 1. The van der Waals surface area contributed by atoms with Crippen LogP contribution in [0.1, 0.15) is 87.9 Å². The second-order valence-electron chi connectivity index (χ2n) is 6.71. The van der Waals surface area contributed by atoms with E-state index in [1.807, 2.05) is 0 Å². The second-order valence-corrected chi connectivity index (χ2v) is 6.71. The number of carboxylic acids is 1. The maximum Gasteiger partial charge on any atom is 0.335 e. The molecule has 0 spiro atoms. The highest BCUT2D eigenvalue weighted by Gasteiger charge is 2.08. The van der Waals surface area contributed by atoms with Crippen LogP contribution in [-0.2, 0) is 0 Å². The van der Waals surface area contributed by atoms with E-state index in [0.717, 1.165) is 12.8 Å². The summed E-state index contributed by atoms with van der Waals surface area (Å²) >= 11 is 0. The monoisotopic (exact) mass is 352 g/mol. The Balaban J connectivity index is 1.98. The first kappa shape index (κ1) is 21.5. The van der Waals surface area contributed by atoms with Gasteiger partial charge in [0.05, 0.1) is 5.56 Å². The van der Waals surface area contributed by atoms with Crippen LogP contribution in [-0.4, -0.2) is 23.9 Å². The van der Waals surface area contributed by atoms with Gasteiger partial charge in [-0.25, -0.2) is 9.18 Å². The van der Waals surface area contributed by atoms with E-state index in [-0.39, 0.29) is 12.2 Å². The summed E-state index contributed by atoms with van der Waals surface area (Å²) in [6.45, 7) is 2.27. The van der Waals surface area contributed by atoms with Gasteiger partial charge < -0.3 is 9.84 Å². The zero-order valence-corrected chi connectivity index (χ0v) is 15.5. The lowest BCUT2D eigenvalue weighted by Gasteiger charge is -2.10. The lowest BCUT2D eigenvalue weighted by molar-refractivity contribution is 0.0696. The molecule has 1 rings (SSSR count). The summed E-state index contributed by atoms with van der Waals surface area (Å²) in [5, 5.41) is 8.82. The molecule has 1 aromatic carbocycles. The Morgan fingerprint density at radius 2 is 1.48 bits per heavy atom. The molecule has 0 saturated heterocycles. The maximum atomic E-state index is 13.8. The van der Waals surface area contributed by atoms with Crippen molar-refractivity contribution in [2.24, 2.45) is 0 Å². The molecule has 0 radical (unpaired) electrons. The second kappa shape index (κ2) is 13.7. The highest BCUT2D eigenvalue weighted by molar-refractivity contribution is 5.87. The largest absolute Gasteiger partial charge is 0.491 e. The molecule has 0 bridgehead atoms. The van der Waals surface area contributed by atoms with Gasteiger partial charge in [-0.15, -0.1) is 0 Å². The van der Waals surface area contributed by atoms with Crippen LogP contribution >= 0.6 is 0 Å². The van der Waals surface area contributed by atoms with E-state index in [1.165, 1.54) is 63.5 Å². The number of carbonyl (C=O) groups is 1. The van der Waals surface area contributed by atoms with Gasteiger partial charge in [0.1, 0.15) is 18.5 Å². The first-order valence-electron chi connectivity index (χ1n) is 9.73. The predicted octanol–water partition coefficient (Wildman–Crippen LogP) is 6.41. The highest BCUT2D eigenvalue weighted by atomic mass is 19.1. The summed E-state index contributed by atoms with van der Waals surface area (Å²) in [5.74, 6) is -0.466. The van der Waals surface area contributed by atoms with E-state index in [4.69, 9.17) is 9.84 Å². The lowest BCUT2D eigenvalue weighted by Crippen LogP contribution is -2.12. The van der Waals surface area contributed by atoms with E-state index in [0.29, 0.717) is 12.2 Å². The smallest absolute Gasteiger partial charge is 0.335 e. The summed E-state index contributed by atoms with van der Waals surface area (Å²) in [6.07, 6.45) is 12.0. The number of alkyl halides is 1. The van der Waals surface area contributed by atoms with Gasteiger partial charge in [0.25, 0.3) is 0 Å². The van der Waals surface area contributed by atoms with Gasteiger partial charge in [-0.2, -0.15) is 0 Å². The molecule has 0 aliphatic rings. The van der Waals surface area contributed by atoms with Crippen LogP contribution in [0.5, 0.6) is 5.75 Å². The molecule has 1 atom stereocenters. The fourth-order valence-electron chi connectivity index (χ4n) is 2.82. The zero-order chi connectivity index (χ0) is 18.3. The van der Waals surface area contributed by atoms with Gasteiger partial charge in [-0.3, -0.25) is 0 Å². The van der Waals surface area contributed by atoms with Crippen LogP contribution in [0.4, 0.5) is 4.39 Å². The molecule has 142 valence electrons. The van der Waals surface area contributed by atoms with Gasteiger partial charge in [0.2, 0.25) is 0 Å². The highest BCUT2D eigenvalue weighted by Crippen LogP contribution is 2.16. The van der Waals surface area contributed by atoms with Crippen LogP contribution < -0.4 is 4.74 Å². The Morgan fingerprint density at radius 1 is 0.960 bits per heavy atom. The van der Waals surface area contributed by atoms with E-state index >= 15 is 0 Å². The topological polar surface area (TPSA) is 46.5 Å². The molecule has 3 nitrogen and oxygen atoms in total. The van der Waals surface area contributed by atoms with Crippen molar-refractivity contribution in [3.05, 3.63) is 29.8 Å². The molecule has 1 N–H and O–H groups in total. The van der Waals surface area contributed by atoms with Crippen molar-refractivity contribution in [3.8, 4) is 5.75 Å². The summed E-state index contributed by atoms with van der Waals surface area (Å²) < 4.78 is 19.2. The molecule has 4 heteroatoms. The first-order chi connectivity index (χ1) is 12.1. The molecule has 0 heterocycles. The third-order valence-corrected chi connectivity index (χ3v) is 4.40. The number of unbranched alkanes of at least 4 members (excludes halogenated alkanes) is 9. The number of benzene rings is 1. The number of carboxylic acid groups (broad SMARTS) is 1. The number of rotatable bonds is 15. The lowest BCUT2D eigenvalue weighted by atomic mass is 10.1. The molecule has 0 aromatic heterocycles. The fourth-order valence-corrected chi connectivity index (χ4v) is 2.82. The van der Waals surface area contributed by atoms with Gasteiger partial charge >= 0.3 is 5.97 Å². The predicted molar refractivity (Wildman–Crippen MR) is 100 cm³/mol. The minimum Gasteiger partial charge on any atom is -0.491 e. The van der Waals surface area contributed by atoms with Crippen molar-refractivity contribution in [1.82, 2.24) is 0 Å². The van der Waals surface area contributed by atoms with Crippen molar-refractivity contribution in [2.45, 2.75) is 83.7 Å². The number of hydrogen-bond acceptors (Lipinski definition) is 2. The third kappa shape index (κ3) is 10.8. The molecule has 0 amide bonds. The quantitative estimate of drug-likeness (QED) is 0.371. The van der Waals surface area contributed by atoms with Gasteiger partial charge in [-0.1, -0.05) is 71.1 Å². The van der Waals surface area contributed by atoms with Crippen molar-refractivity contribution in [1.29, 1.82) is 0 Å². The van der Waals surface area contributed by atoms with E-state index < -0.39 is 12.1 Å². The fraction of sp³-hybridized carbons (Fsp3) is 0.667. The molecular formula is C21H33FO3. The Labute approximate surface area is 151 Å². The standard InChI is InChI=1S/C21H33FO3/c1-2-3-4-5-6-7-8-9-10-11-12-19(22)17-25-20-15-13-18(14-16-20)21(23)24/h13-16,19H,2-12,17H2,1H3,(H,23,24). The van der Waals surface area contributed by atoms with Crippen molar-refractivity contribution in [2.75, 3.05) is 6.61 Å². The molecule has 1 unspecified atom stereocenters. The van der Waals surface area contributed by atoms with Gasteiger partial charge in [0, 0.05) is 0 Å². The normalized spacial score (nSPS) is 12.1. The summed E-state index contributed by atoms with van der Waals surface area (Å²) in [7, 11) is 0. The van der Waals surface area contributed by atoms with E-state index in [1.54, 1.807) is 12.1 Å². The average molecular weight is 352 g/mol. The average Bonchev–Trinajstić information content (AvgIpc) is 2.62. The van der Waals surface area contributed by atoms with Crippen molar-refractivity contribution >= 4 is 5.97 Å². The SMILES string of the molecule is CCCCCCCCCCCCC(F)COc1ccc(C(=O)O)cc1. The van der Waals surface area contributed by atoms with Crippen LogP contribution in [0.2, 0.25) is 0 Å².